The number of hydrogen-bond acceptors (Lipinski definition) is 3. The highest BCUT2D eigenvalue weighted by atomic mass is 16.7. The molecule has 1 saturated heterocycles. The summed E-state index contributed by atoms with van der Waals surface area (Å²) in [7, 11) is 0. The standard InChI is InChI=1S/C17H15NO2/c1-3-7-12(8-4-1)16-14-11-19-17(15(14)18-20-16)13-9-5-2-6-10-13/h1-10,14,16-17H,11H2/t14-,16-,17-/m1/s1. The fourth-order valence-electron chi connectivity index (χ4n) is 2.94. The third kappa shape index (κ3) is 1.82. The third-order valence-electron chi connectivity index (χ3n) is 3.96. The van der Waals surface area contributed by atoms with Crippen LogP contribution in [0.1, 0.15) is 23.3 Å². The van der Waals surface area contributed by atoms with Crippen molar-refractivity contribution in [1.82, 2.24) is 0 Å². The Balaban J connectivity index is 1.61. The lowest BCUT2D eigenvalue weighted by atomic mass is 9.91. The molecule has 100 valence electrons. The van der Waals surface area contributed by atoms with E-state index in [1.54, 1.807) is 0 Å². The first kappa shape index (κ1) is 11.7. The van der Waals surface area contributed by atoms with E-state index >= 15 is 0 Å². The third-order valence-corrected chi connectivity index (χ3v) is 3.96. The summed E-state index contributed by atoms with van der Waals surface area (Å²) in [5.41, 5.74) is 3.32. The van der Waals surface area contributed by atoms with Gasteiger partial charge in [-0.15, -0.1) is 0 Å². The predicted octanol–water partition coefficient (Wildman–Crippen LogP) is 3.50. The van der Waals surface area contributed by atoms with E-state index < -0.39 is 0 Å². The summed E-state index contributed by atoms with van der Waals surface area (Å²) in [6.07, 6.45) is -0.0742. The number of nitrogens with zero attached hydrogens (tertiary/aromatic N) is 1. The van der Waals surface area contributed by atoms with Gasteiger partial charge in [0.2, 0.25) is 0 Å². The lowest BCUT2D eigenvalue weighted by Crippen LogP contribution is -2.16. The zero-order chi connectivity index (χ0) is 13.4. The van der Waals surface area contributed by atoms with Crippen molar-refractivity contribution in [2.24, 2.45) is 11.1 Å². The van der Waals surface area contributed by atoms with Crippen LogP contribution in [0.3, 0.4) is 0 Å². The summed E-state index contributed by atoms with van der Waals surface area (Å²) in [5, 5.41) is 4.30. The van der Waals surface area contributed by atoms with Crippen LogP contribution in [0.4, 0.5) is 0 Å². The molecule has 0 N–H and O–H groups in total. The zero-order valence-corrected chi connectivity index (χ0v) is 11.0. The van der Waals surface area contributed by atoms with Crippen molar-refractivity contribution in [3.05, 3.63) is 71.8 Å². The fraction of sp³-hybridized carbons (Fsp3) is 0.235. The van der Waals surface area contributed by atoms with Crippen LogP contribution in [0.15, 0.2) is 65.8 Å². The first-order valence-electron chi connectivity index (χ1n) is 6.88. The Kier molecular flexibility index (Phi) is 2.78. The monoisotopic (exact) mass is 265 g/mol. The Morgan fingerprint density at radius 1 is 0.850 bits per heavy atom. The van der Waals surface area contributed by atoms with Crippen molar-refractivity contribution in [1.29, 1.82) is 0 Å². The van der Waals surface area contributed by atoms with Gasteiger partial charge < -0.3 is 9.57 Å². The molecule has 0 saturated carbocycles. The first-order chi connectivity index (χ1) is 9.93. The van der Waals surface area contributed by atoms with Crippen LogP contribution in [0.2, 0.25) is 0 Å². The second-order valence-electron chi connectivity index (χ2n) is 5.18. The Morgan fingerprint density at radius 3 is 2.20 bits per heavy atom. The molecule has 2 aromatic carbocycles. The van der Waals surface area contributed by atoms with Crippen molar-refractivity contribution in [2.75, 3.05) is 6.61 Å². The Labute approximate surface area is 117 Å². The molecule has 0 radical (unpaired) electrons. The SMILES string of the molecule is c1ccc([C@H]2ON=C3[C@H]2CO[C@@H]3c2ccccc2)cc1. The molecular formula is C17H15NO2. The molecule has 0 spiro atoms. The predicted molar refractivity (Wildman–Crippen MR) is 76.3 cm³/mol. The van der Waals surface area contributed by atoms with Gasteiger partial charge in [-0.2, -0.15) is 0 Å². The smallest absolute Gasteiger partial charge is 0.163 e. The summed E-state index contributed by atoms with van der Waals surface area (Å²) < 4.78 is 5.95. The highest BCUT2D eigenvalue weighted by Crippen LogP contribution is 2.42. The highest BCUT2D eigenvalue weighted by molar-refractivity contribution is 5.94. The van der Waals surface area contributed by atoms with Crippen molar-refractivity contribution in [3.8, 4) is 0 Å². The maximum Gasteiger partial charge on any atom is 0.163 e. The van der Waals surface area contributed by atoms with Gasteiger partial charge in [-0.25, -0.2) is 0 Å². The van der Waals surface area contributed by atoms with Gasteiger partial charge in [0.15, 0.2) is 6.10 Å². The minimum atomic E-state index is -0.0603. The maximum atomic E-state index is 5.95. The molecule has 2 aliphatic rings. The van der Waals surface area contributed by atoms with Gasteiger partial charge in [0.1, 0.15) is 11.8 Å². The van der Waals surface area contributed by atoms with Crippen LogP contribution < -0.4 is 0 Å². The largest absolute Gasteiger partial charge is 0.387 e. The number of hydrogen-bond donors (Lipinski definition) is 0. The van der Waals surface area contributed by atoms with Gasteiger partial charge in [-0.05, 0) is 11.1 Å². The van der Waals surface area contributed by atoms with Crippen molar-refractivity contribution < 1.29 is 9.57 Å². The molecule has 2 aliphatic heterocycles. The molecule has 0 amide bonds. The first-order valence-corrected chi connectivity index (χ1v) is 6.88. The van der Waals surface area contributed by atoms with E-state index in [9.17, 15) is 0 Å². The minimum Gasteiger partial charge on any atom is -0.387 e. The molecule has 3 nitrogen and oxygen atoms in total. The van der Waals surface area contributed by atoms with E-state index in [0.717, 1.165) is 16.8 Å². The lowest BCUT2D eigenvalue weighted by Gasteiger charge is -2.13. The van der Waals surface area contributed by atoms with E-state index in [0.29, 0.717) is 6.61 Å². The molecule has 3 atom stereocenters. The Bertz CT molecular complexity index is 624. The van der Waals surface area contributed by atoms with Crippen LogP contribution in [-0.2, 0) is 9.57 Å². The number of rotatable bonds is 2. The lowest BCUT2D eigenvalue weighted by molar-refractivity contribution is 0.0242. The fourth-order valence-corrected chi connectivity index (χ4v) is 2.94. The Hall–Kier alpha value is -2.13. The molecule has 0 aliphatic carbocycles. The van der Waals surface area contributed by atoms with Gasteiger partial charge in [-0.1, -0.05) is 65.8 Å². The average Bonchev–Trinajstić information content (AvgIpc) is 3.10. The highest BCUT2D eigenvalue weighted by Gasteiger charge is 2.45. The van der Waals surface area contributed by atoms with E-state index in [-0.39, 0.29) is 18.1 Å². The van der Waals surface area contributed by atoms with Gasteiger partial charge in [0.05, 0.1) is 12.5 Å². The normalized spacial score (nSPS) is 27.8. The molecule has 20 heavy (non-hydrogen) atoms. The summed E-state index contributed by atoms with van der Waals surface area (Å²) in [5.74, 6) is 0.225. The van der Waals surface area contributed by atoms with Crippen molar-refractivity contribution in [2.45, 2.75) is 12.2 Å². The molecule has 0 bridgehead atoms. The molecule has 0 aromatic heterocycles. The number of ether oxygens (including phenoxy) is 1. The van der Waals surface area contributed by atoms with Crippen LogP contribution in [0.25, 0.3) is 0 Å². The molecule has 0 unspecified atom stereocenters. The summed E-state index contributed by atoms with van der Waals surface area (Å²) in [6, 6.07) is 20.4. The van der Waals surface area contributed by atoms with Crippen LogP contribution >= 0.6 is 0 Å². The average molecular weight is 265 g/mol. The van der Waals surface area contributed by atoms with E-state index in [4.69, 9.17) is 9.57 Å². The molecule has 1 fully saturated rings. The van der Waals surface area contributed by atoms with E-state index in [1.165, 1.54) is 0 Å². The summed E-state index contributed by atoms with van der Waals surface area (Å²) >= 11 is 0. The van der Waals surface area contributed by atoms with E-state index in [2.05, 4.69) is 29.4 Å². The molecule has 2 aromatic rings. The minimum absolute atomic E-state index is 0.0140. The van der Waals surface area contributed by atoms with Gasteiger partial charge in [0.25, 0.3) is 0 Å². The van der Waals surface area contributed by atoms with Crippen LogP contribution in [0, 0.1) is 5.92 Å². The summed E-state index contributed by atoms with van der Waals surface area (Å²) in [6.45, 7) is 0.665. The molecule has 2 heterocycles. The van der Waals surface area contributed by atoms with Crippen molar-refractivity contribution in [3.63, 3.8) is 0 Å². The van der Waals surface area contributed by atoms with Crippen molar-refractivity contribution >= 4 is 5.71 Å². The second-order valence-corrected chi connectivity index (χ2v) is 5.18. The number of benzene rings is 2. The van der Waals surface area contributed by atoms with Crippen LogP contribution in [0.5, 0.6) is 0 Å². The quantitative estimate of drug-likeness (QED) is 0.832. The van der Waals surface area contributed by atoms with Crippen LogP contribution in [-0.4, -0.2) is 12.3 Å². The number of fused-ring (bicyclic) bond motifs is 1. The van der Waals surface area contributed by atoms with Gasteiger partial charge in [-0.3, -0.25) is 0 Å². The molecular weight excluding hydrogens is 250 g/mol. The van der Waals surface area contributed by atoms with Gasteiger partial charge in [0, 0.05) is 0 Å². The van der Waals surface area contributed by atoms with Gasteiger partial charge >= 0.3 is 0 Å². The second kappa shape index (κ2) is 4.76. The number of oxime groups is 1. The zero-order valence-electron chi connectivity index (χ0n) is 11.0. The maximum absolute atomic E-state index is 5.95. The molecule has 3 heteroatoms. The Morgan fingerprint density at radius 2 is 1.50 bits per heavy atom. The molecule has 4 rings (SSSR count). The summed E-state index contributed by atoms with van der Waals surface area (Å²) in [4.78, 5) is 5.67. The van der Waals surface area contributed by atoms with E-state index in [1.807, 2.05) is 36.4 Å². The topological polar surface area (TPSA) is 30.8 Å².